The molecule has 20 heavy (non-hydrogen) atoms. The lowest BCUT2D eigenvalue weighted by Crippen LogP contribution is -2.11. The fourth-order valence-corrected chi connectivity index (χ4v) is 3.43. The van der Waals surface area contributed by atoms with Gasteiger partial charge in [0.25, 0.3) is 0 Å². The Labute approximate surface area is 124 Å². The van der Waals surface area contributed by atoms with Crippen LogP contribution in [0.15, 0.2) is 64.2 Å². The molecule has 96 valence electrons. The minimum absolute atomic E-state index is 0.636. The first-order valence-corrected chi connectivity index (χ1v) is 7.14. The summed E-state index contributed by atoms with van der Waals surface area (Å²) in [5, 5.41) is 15.3. The van der Waals surface area contributed by atoms with Crippen LogP contribution in [0.4, 0.5) is 0 Å². The zero-order valence-electron chi connectivity index (χ0n) is 10.5. The molecule has 4 rings (SSSR count). The van der Waals surface area contributed by atoms with Crippen LogP contribution >= 0.6 is 15.9 Å². The summed E-state index contributed by atoms with van der Waals surface area (Å²) >= 11 is 3.60. The SMILES string of the molecule is ON=C1c2ccccc2-c2ccc(Br)c3cccc1c23. The number of rotatable bonds is 0. The Morgan fingerprint density at radius 2 is 1.50 bits per heavy atom. The Morgan fingerprint density at radius 1 is 0.750 bits per heavy atom. The Balaban J connectivity index is 2.28. The third-order valence-corrected chi connectivity index (χ3v) is 4.51. The molecule has 0 bridgehead atoms. The molecule has 3 heteroatoms. The van der Waals surface area contributed by atoms with E-state index in [-0.39, 0.29) is 0 Å². The van der Waals surface area contributed by atoms with Crippen molar-refractivity contribution < 1.29 is 5.21 Å². The van der Waals surface area contributed by atoms with Crippen LogP contribution in [0.5, 0.6) is 0 Å². The van der Waals surface area contributed by atoms with Crippen LogP contribution in [0, 0.1) is 0 Å². The van der Waals surface area contributed by atoms with Gasteiger partial charge in [-0.1, -0.05) is 69.6 Å². The highest BCUT2D eigenvalue weighted by molar-refractivity contribution is 9.10. The van der Waals surface area contributed by atoms with Crippen LogP contribution in [0.25, 0.3) is 21.9 Å². The molecule has 0 saturated heterocycles. The largest absolute Gasteiger partial charge is 0.410 e. The van der Waals surface area contributed by atoms with Crippen molar-refractivity contribution in [3.8, 4) is 11.1 Å². The molecular formula is C17H10BrNO. The molecule has 0 fully saturated rings. The second kappa shape index (κ2) is 4.18. The minimum Gasteiger partial charge on any atom is -0.410 e. The maximum Gasteiger partial charge on any atom is 0.118 e. The molecule has 0 aliphatic heterocycles. The lowest BCUT2D eigenvalue weighted by molar-refractivity contribution is 0.319. The van der Waals surface area contributed by atoms with Gasteiger partial charge in [0.2, 0.25) is 0 Å². The predicted octanol–water partition coefficient (Wildman–Crippen LogP) is 4.81. The van der Waals surface area contributed by atoms with Gasteiger partial charge in [-0.2, -0.15) is 0 Å². The summed E-state index contributed by atoms with van der Waals surface area (Å²) < 4.78 is 1.05. The van der Waals surface area contributed by atoms with Crippen molar-refractivity contribution >= 4 is 32.4 Å². The zero-order valence-corrected chi connectivity index (χ0v) is 12.1. The molecule has 2 nitrogen and oxygen atoms in total. The lowest BCUT2D eigenvalue weighted by atomic mass is 9.82. The van der Waals surface area contributed by atoms with Crippen LogP contribution in [0.2, 0.25) is 0 Å². The predicted molar refractivity (Wildman–Crippen MR) is 84.5 cm³/mol. The van der Waals surface area contributed by atoms with Crippen LogP contribution in [0.3, 0.4) is 0 Å². The van der Waals surface area contributed by atoms with Crippen LogP contribution < -0.4 is 0 Å². The number of fused-ring (bicyclic) bond motifs is 2. The fourth-order valence-electron chi connectivity index (χ4n) is 2.97. The average molecular weight is 324 g/mol. The van der Waals surface area contributed by atoms with Crippen molar-refractivity contribution in [2.45, 2.75) is 0 Å². The van der Waals surface area contributed by atoms with Crippen LogP contribution in [-0.2, 0) is 0 Å². The Morgan fingerprint density at radius 3 is 2.30 bits per heavy atom. The van der Waals surface area contributed by atoms with E-state index in [0.717, 1.165) is 31.9 Å². The topological polar surface area (TPSA) is 32.6 Å². The summed E-state index contributed by atoms with van der Waals surface area (Å²) in [6, 6.07) is 18.3. The van der Waals surface area contributed by atoms with E-state index in [9.17, 15) is 5.21 Å². The van der Waals surface area contributed by atoms with Crippen molar-refractivity contribution in [3.05, 3.63) is 70.2 Å². The van der Waals surface area contributed by atoms with Gasteiger partial charge in [-0.05, 0) is 22.6 Å². The maximum atomic E-state index is 9.46. The summed E-state index contributed by atoms with van der Waals surface area (Å²) in [6.07, 6.45) is 0. The van der Waals surface area contributed by atoms with E-state index in [0.29, 0.717) is 5.71 Å². The molecule has 0 atom stereocenters. The van der Waals surface area contributed by atoms with Crippen molar-refractivity contribution in [2.24, 2.45) is 5.16 Å². The minimum atomic E-state index is 0.636. The molecule has 0 spiro atoms. The van der Waals surface area contributed by atoms with Gasteiger partial charge in [0.15, 0.2) is 0 Å². The second-order valence-corrected chi connectivity index (χ2v) is 5.67. The Bertz CT molecular complexity index is 883. The van der Waals surface area contributed by atoms with E-state index >= 15 is 0 Å². The smallest absolute Gasteiger partial charge is 0.118 e. The molecule has 0 unspecified atom stereocenters. The molecular weight excluding hydrogens is 314 g/mol. The van der Waals surface area contributed by atoms with E-state index in [1.165, 1.54) is 5.56 Å². The summed E-state index contributed by atoms with van der Waals surface area (Å²) in [4.78, 5) is 0. The van der Waals surface area contributed by atoms with Crippen molar-refractivity contribution in [1.29, 1.82) is 0 Å². The van der Waals surface area contributed by atoms with Gasteiger partial charge in [0.05, 0.1) is 0 Å². The highest BCUT2D eigenvalue weighted by Crippen LogP contribution is 2.41. The van der Waals surface area contributed by atoms with Crippen molar-refractivity contribution in [2.75, 3.05) is 0 Å². The molecule has 3 aromatic carbocycles. The maximum absolute atomic E-state index is 9.46. The Hall–Kier alpha value is -2.13. The molecule has 1 N–H and O–H groups in total. The summed E-state index contributed by atoms with van der Waals surface area (Å²) in [6.45, 7) is 0. The summed E-state index contributed by atoms with van der Waals surface area (Å²) in [5.74, 6) is 0. The summed E-state index contributed by atoms with van der Waals surface area (Å²) in [5.41, 5.74) is 4.87. The van der Waals surface area contributed by atoms with Gasteiger partial charge in [0, 0.05) is 21.0 Å². The standard InChI is InChI=1S/C17H10BrNO/c18-15-9-8-11-10-4-1-2-5-12(10)17(19-20)14-7-3-6-13(15)16(11)14/h1-9,20H. The summed E-state index contributed by atoms with van der Waals surface area (Å²) in [7, 11) is 0. The van der Waals surface area contributed by atoms with Gasteiger partial charge in [0.1, 0.15) is 5.71 Å². The van der Waals surface area contributed by atoms with Gasteiger partial charge < -0.3 is 5.21 Å². The number of nitrogens with zero attached hydrogens (tertiary/aromatic N) is 1. The van der Waals surface area contributed by atoms with Crippen LogP contribution in [-0.4, -0.2) is 10.9 Å². The first kappa shape index (κ1) is 11.7. The first-order valence-electron chi connectivity index (χ1n) is 6.34. The number of hydrogen-bond acceptors (Lipinski definition) is 2. The van der Waals surface area contributed by atoms with E-state index in [2.05, 4.69) is 45.4 Å². The number of oxime groups is 1. The molecule has 0 aromatic heterocycles. The third-order valence-electron chi connectivity index (χ3n) is 3.81. The zero-order chi connectivity index (χ0) is 13.7. The molecule has 1 aliphatic rings. The lowest BCUT2D eigenvalue weighted by Gasteiger charge is -2.21. The average Bonchev–Trinajstić information content (AvgIpc) is 2.50. The van der Waals surface area contributed by atoms with E-state index < -0.39 is 0 Å². The van der Waals surface area contributed by atoms with Gasteiger partial charge in [-0.25, -0.2) is 0 Å². The number of benzene rings is 3. The highest BCUT2D eigenvalue weighted by atomic mass is 79.9. The molecule has 0 radical (unpaired) electrons. The molecule has 0 saturated carbocycles. The monoisotopic (exact) mass is 323 g/mol. The molecule has 3 aromatic rings. The van der Waals surface area contributed by atoms with E-state index in [1.807, 2.05) is 30.3 Å². The van der Waals surface area contributed by atoms with Gasteiger partial charge in [-0.15, -0.1) is 0 Å². The highest BCUT2D eigenvalue weighted by Gasteiger charge is 2.24. The van der Waals surface area contributed by atoms with E-state index in [1.54, 1.807) is 0 Å². The number of halogens is 1. The van der Waals surface area contributed by atoms with Gasteiger partial charge in [-0.3, -0.25) is 0 Å². The fraction of sp³-hybridized carbons (Fsp3) is 0. The number of hydrogen-bond donors (Lipinski definition) is 1. The normalized spacial score (nSPS) is 14.6. The van der Waals surface area contributed by atoms with Crippen molar-refractivity contribution in [1.82, 2.24) is 0 Å². The molecule has 0 amide bonds. The van der Waals surface area contributed by atoms with Crippen molar-refractivity contribution in [3.63, 3.8) is 0 Å². The molecule has 1 aliphatic carbocycles. The quantitative estimate of drug-likeness (QED) is 0.365. The molecule has 0 heterocycles. The van der Waals surface area contributed by atoms with E-state index in [4.69, 9.17) is 0 Å². The van der Waals surface area contributed by atoms with Crippen LogP contribution in [0.1, 0.15) is 11.1 Å². The third kappa shape index (κ3) is 1.41. The first-order chi connectivity index (χ1) is 9.81. The second-order valence-electron chi connectivity index (χ2n) is 4.82. The Kier molecular flexibility index (Phi) is 2.44. The van der Waals surface area contributed by atoms with Gasteiger partial charge >= 0.3 is 0 Å².